The number of fused-ring (bicyclic) bond motifs is 1. The molecule has 2 rings (SSSR count). The van der Waals surface area contributed by atoms with E-state index < -0.39 is 5.60 Å². The van der Waals surface area contributed by atoms with Crippen LogP contribution in [0, 0.1) is 6.92 Å². The van der Waals surface area contributed by atoms with Gasteiger partial charge in [0.2, 0.25) is 0 Å². The molecule has 116 valence electrons. The van der Waals surface area contributed by atoms with Crippen LogP contribution in [0.3, 0.4) is 0 Å². The molecule has 0 fully saturated rings. The molecule has 1 aliphatic heterocycles. The van der Waals surface area contributed by atoms with Gasteiger partial charge in [-0.05, 0) is 75.2 Å². The highest BCUT2D eigenvalue weighted by Gasteiger charge is 2.40. The highest BCUT2D eigenvalue weighted by atomic mass is 79.9. The van der Waals surface area contributed by atoms with Gasteiger partial charge in [-0.1, -0.05) is 0 Å². The van der Waals surface area contributed by atoms with E-state index in [9.17, 15) is 4.79 Å². The third kappa shape index (κ3) is 3.34. The first-order valence-electron chi connectivity index (χ1n) is 7.08. The van der Waals surface area contributed by atoms with Gasteiger partial charge in [-0.3, -0.25) is 4.90 Å². The number of hydrogen-bond donors (Lipinski definition) is 1. The molecule has 0 saturated carbocycles. The molecule has 0 spiro atoms. The first-order valence-corrected chi connectivity index (χ1v) is 7.88. The van der Waals surface area contributed by atoms with Gasteiger partial charge in [0.1, 0.15) is 5.60 Å². The van der Waals surface area contributed by atoms with Crippen LogP contribution in [0.25, 0.3) is 0 Å². The maximum atomic E-state index is 12.7. The van der Waals surface area contributed by atoms with Crippen LogP contribution in [0.2, 0.25) is 0 Å². The van der Waals surface area contributed by atoms with Gasteiger partial charge in [-0.15, -0.1) is 0 Å². The minimum Gasteiger partial charge on any atom is -0.443 e. The Kier molecular flexibility index (Phi) is 4.00. The number of amides is 1. The number of ether oxygens (including phenoxy) is 1. The molecule has 0 bridgehead atoms. The van der Waals surface area contributed by atoms with E-state index in [4.69, 9.17) is 4.74 Å². The molecule has 21 heavy (non-hydrogen) atoms. The minimum atomic E-state index is -0.518. The second kappa shape index (κ2) is 5.20. The van der Waals surface area contributed by atoms with Gasteiger partial charge < -0.3 is 10.1 Å². The van der Waals surface area contributed by atoms with Crippen LogP contribution in [-0.2, 0) is 4.74 Å². The van der Waals surface area contributed by atoms with E-state index in [1.165, 1.54) is 0 Å². The molecule has 0 saturated heterocycles. The summed E-state index contributed by atoms with van der Waals surface area (Å²) >= 11 is 3.58. The summed E-state index contributed by atoms with van der Waals surface area (Å²) in [6.45, 7) is 12.4. The molecule has 0 aliphatic carbocycles. The van der Waals surface area contributed by atoms with Crippen molar-refractivity contribution in [2.24, 2.45) is 0 Å². The highest BCUT2D eigenvalue weighted by Crippen LogP contribution is 2.42. The number of carbonyl (C=O) groups is 1. The lowest BCUT2D eigenvalue weighted by Gasteiger charge is -2.44. The van der Waals surface area contributed by atoms with E-state index in [1.54, 1.807) is 4.90 Å². The number of nitrogens with zero attached hydrogens (tertiary/aromatic N) is 1. The van der Waals surface area contributed by atoms with Gasteiger partial charge in [0.15, 0.2) is 0 Å². The monoisotopic (exact) mass is 354 g/mol. The normalized spacial score (nSPS) is 17.0. The van der Waals surface area contributed by atoms with Crippen molar-refractivity contribution in [3.05, 3.63) is 22.2 Å². The van der Waals surface area contributed by atoms with Gasteiger partial charge in [0, 0.05) is 11.0 Å². The van der Waals surface area contributed by atoms with E-state index in [1.807, 2.05) is 53.7 Å². The number of nitrogens with one attached hydrogen (secondary N) is 1. The maximum absolute atomic E-state index is 12.7. The zero-order chi connectivity index (χ0) is 16.0. The first-order chi connectivity index (χ1) is 9.51. The third-order valence-electron chi connectivity index (χ3n) is 3.32. The van der Waals surface area contributed by atoms with E-state index in [0.717, 1.165) is 21.4 Å². The SMILES string of the molecule is Cc1cc(Br)c2c(c1)NCC(C)(C)N2C(=O)OC(C)(C)C. The van der Waals surface area contributed by atoms with Crippen molar-refractivity contribution in [3.63, 3.8) is 0 Å². The highest BCUT2D eigenvalue weighted by molar-refractivity contribution is 9.10. The minimum absolute atomic E-state index is 0.320. The van der Waals surface area contributed by atoms with Crippen molar-refractivity contribution in [1.29, 1.82) is 0 Å². The van der Waals surface area contributed by atoms with Crippen LogP contribution in [0.4, 0.5) is 16.2 Å². The number of halogens is 1. The number of aryl methyl sites for hydroxylation is 1. The summed E-state index contributed by atoms with van der Waals surface area (Å²) in [6.07, 6.45) is -0.320. The zero-order valence-electron chi connectivity index (χ0n) is 13.5. The molecule has 1 aromatic rings. The van der Waals surface area contributed by atoms with Crippen LogP contribution in [0.15, 0.2) is 16.6 Å². The smallest absolute Gasteiger partial charge is 0.415 e. The fraction of sp³-hybridized carbons (Fsp3) is 0.562. The zero-order valence-corrected chi connectivity index (χ0v) is 15.1. The molecule has 1 aromatic carbocycles. The summed E-state index contributed by atoms with van der Waals surface area (Å²) in [6, 6.07) is 4.06. The van der Waals surface area contributed by atoms with Crippen LogP contribution >= 0.6 is 15.9 Å². The number of anilines is 2. The summed E-state index contributed by atoms with van der Waals surface area (Å²) < 4.78 is 6.49. The molecule has 4 nitrogen and oxygen atoms in total. The van der Waals surface area contributed by atoms with E-state index in [2.05, 4.69) is 21.2 Å². The molecule has 0 unspecified atom stereocenters. The van der Waals surface area contributed by atoms with Crippen molar-refractivity contribution in [2.75, 3.05) is 16.8 Å². The lowest BCUT2D eigenvalue weighted by molar-refractivity contribution is 0.0546. The van der Waals surface area contributed by atoms with Crippen LogP contribution < -0.4 is 10.2 Å². The molecule has 1 aliphatic rings. The molecule has 1 heterocycles. The van der Waals surface area contributed by atoms with E-state index in [-0.39, 0.29) is 11.6 Å². The first kappa shape index (κ1) is 16.1. The predicted molar refractivity (Wildman–Crippen MR) is 90.2 cm³/mol. The Labute approximate surface area is 135 Å². The second-order valence-corrected chi connectivity index (χ2v) is 7.98. The Morgan fingerprint density at radius 2 is 2.00 bits per heavy atom. The van der Waals surface area contributed by atoms with Crippen molar-refractivity contribution in [2.45, 2.75) is 52.7 Å². The standard InChI is InChI=1S/C16H23BrN2O2/c1-10-7-11(17)13-12(8-10)18-9-16(5,6)19(13)14(20)21-15(2,3)4/h7-8,18H,9H2,1-6H3. The number of benzene rings is 1. The molecule has 5 heteroatoms. The van der Waals surface area contributed by atoms with Crippen molar-refractivity contribution < 1.29 is 9.53 Å². The molecular weight excluding hydrogens is 332 g/mol. The Hall–Kier alpha value is -1.23. The molecule has 0 aromatic heterocycles. The van der Waals surface area contributed by atoms with Gasteiger partial charge in [0.05, 0.1) is 16.9 Å². The van der Waals surface area contributed by atoms with Gasteiger partial charge >= 0.3 is 6.09 Å². The Morgan fingerprint density at radius 1 is 1.38 bits per heavy atom. The van der Waals surface area contributed by atoms with Crippen LogP contribution in [-0.4, -0.2) is 23.8 Å². The van der Waals surface area contributed by atoms with Crippen molar-refractivity contribution in [1.82, 2.24) is 0 Å². The average Bonchev–Trinajstić information content (AvgIpc) is 2.26. The summed E-state index contributed by atoms with van der Waals surface area (Å²) in [5, 5.41) is 3.40. The lowest BCUT2D eigenvalue weighted by Crippen LogP contribution is -2.56. The summed E-state index contributed by atoms with van der Waals surface area (Å²) in [7, 11) is 0. The second-order valence-electron chi connectivity index (χ2n) is 7.12. The third-order valence-corrected chi connectivity index (χ3v) is 3.93. The number of carbonyl (C=O) groups excluding carboxylic acids is 1. The molecule has 1 amide bonds. The maximum Gasteiger partial charge on any atom is 0.415 e. The average molecular weight is 355 g/mol. The summed E-state index contributed by atoms with van der Waals surface area (Å²) in [4.78, 5) is 14.4. The largest absolute Gasteiger partial charge is 0.443 e. The summed E-state index contributed by atoms with van der Waals surface area (Å²) in [5.41, 5.74) is 2.04. The summed E-state index contributed by atoms with van der Waals surface area (Å²) in [5.74, 6) is 0. The number of hydrogen-bond acceptors (Lipinski definition) is 3. The lowest BCUT2D eigenvalue weighted by atomic mass is 9.97. The van der Waals surface area contributed by atoms with Crippen LogP contribution in [0.5, 0.6) is 0 Å². The van der Waals surface area contributed by atoms with E-state index >= 15 is 0 Å². The van der Waals surface area contributed by atoms with Gasteiger partial charge in [-0.25, -0.2) is 4.79 Å². The quantitative estimate of drug-likeness (QED) is 0.733. The topological polar surface area (TPSA) is 41.6 Å². The Bertz CT molecular complexity index is 576. The predicted octanol–water partition coefficient (Wildman–Crippen LogP) is 4.70. The molecule has 0 atom stereocenters. The van der Waals surface area contributed by atoms with Crippen molar-refractivity contribution >= 4 is 33.4 Å². The Morgan fingerprint density at radius 3 is 2.57 bits per heavy atom. The fourth-order valence-corrected chi connectivity index (χ4v) is 3.19. The Balaban J connectivity index is 2.51. The van der Waals surface area contributed by atoms with Gasteiger partial charge in [-0.2, -0.15) is 0 Å². The van der Waals surface area contributed by atoms with Crippen LogP contribution in [0.1, 0.15) is 40.2 Å². The van der Waals surface area contributed by atoms with E-state index in [0.29, 0.717) is 6.54 Å². The fourth-order valence-electron chi connectivity index (χ4n) is 2.44. The van der Waals surface area contributed by atoms with Crippen molar-refractivity contribution in [3.8, 4) is 0 Å². The number of rotatable bonds is 0. The molecular formula is C16H23BrN2O2. The molecule has 1 N–H and O–H groups in total. The van der Waals surface area contributed by atoms with Gasteiger partial charge in [0.25, 0.3) is 0 Å². The molecule has 0 radical (unpaired) electrons.